The molecule has 1 saturated heterocycles. The summed E-state index contributed by atoms with van der Waals surface area (Å²) in [5.41, 5.74) is 1.83. The number of rotatable bonds is 2. The van der Waals surface area contributed by atoms with Crippen LogP contribution in [0.25, 0.3) is 11.0 Å². The number of nitrogens with zero attached hydrogens (tertiary/aromatic N) is 5. The van der Waals surface area contributed by atoms with Crippen LogP contribution in [0.5, 0.6) is 0 Å². The maximum Gasteiger partial charge on any atom is 0.167 e. The first kappa shape index (κ1) is 10.2. The molecule has 0 radical (unpaired) electrons. The van der Waals surface area contributed by atoms with Gasteiger partial charge in [-0.15, -0.1) is 5.10 Å². The van der Waals surface area contributed by atoms with Crippen molar-refractivity contribution in [2.45, 2.75) is 19.2 Å². The van der Waals surface area contributed by atoms with Gasteiger partial charge in [0, 0.05) is 13.0 Å². The topological polar surface area (TPSA) is 67.0 Å². The van der Waals surface area contributed by atoms with E-state index in [1.165, 1.54) is 0 Å². The highest BCUT2D eigenvalue weighted by Gasteiger charge is 2.23. The molecule has 2 aromatic rings. The molecule has 1 aromatic heterocycles. The molecule has 3 rings (SSSR count). The lowest BCUT2D eigenvalue weighted by Gasteiger charge is -2.13. The Morgan fingerprint density at radius 2 is 2.35 bits per heavy atom. The Labute approximate surface area is 97.9 Å². The van der Waals surface area contributed by atoms with E-state index in [1.54, 1.807) is 9.75 Å². The van der Waals surface area contributed by atoms with Gasteiger partial charge >= 0.3 is 0 Å². The summed E-state index contributed by atoms with van der Waals surface area (Å²) < 4.78 is 1.77. The fraction of sp³-hybridized carbons (Fsp3) is 0.364. The molecule has 0 N–H and O–H groups in total. The molecule has 0 aliphatic carbocycles. The first-order chi connectivity index (χ1) is 8.36. The molecule has 1 aromatic carbocycles. The van der Waals surface area contributed by atoms with Gasteiger partial charge in [-0.05, 0) is 12.1 Å². The van der Waals surface area contributed by atoms with Gasteiger partial charge in [0.15, 0.2) is 6.10 Å². The highest BCUT2D eigenvalue weighted by molar-refractivity contribution is 5.73. The molecule has 0 spiro atoms. The summed E-state index contributed by atoms with van der Waals surface area (Å²) in [4.78, 5) is 5.42. The Morgan fingerprint density at radius 1 is 1.47 bits per heavy atom. The summed E-state index contributed by atoms with van der Waals surface area (Å²) in [7, 11) is 0. The van der Waals surface area contributed by atoms with Gasteiger partial charge in [0.2, 0.25) is 0 Å². The molecule has 1 atom stereocenters. The zero-order chi connectivity index (χ0) is 11.7. The third-order valence-corrected chi connectivity index (χ3v) is 2.77. The molecule has 0 saturated carbocycles. The summed E-state index contributed by atoms with van der Waals surface area (Å²) in [6.07, 6.45) is 0.410. The minimum Gasteiger partial charge on any atom is -0.279 e. The molecule has 17 heavy (non-hydrogen) atoms. The molecule has 6 heteroatoms. The molecular weight excluding hydrogens is 218 g/mol. The van der Waals surface area contributed by atoms with Gasteiger partial charge in [0.05, 0.1) is 11.6 Å². The van der Waals surface area contributed by atoms with Gasteiger partial charge in [-0.25, -0.2) is 4.68 Å². The summed E-state index contributed by atoms with van der Waals surface area (Å²) in [6, 6.07) is 9.86. The number of fused-ring (bicyclic) bond motifs is 1. The summed E-state index contributed by atoms with van der Waals surface area (Å²) >= 11 is 0. The molecule has 6 nitrogen and oxygen atoms in total. The fourth-order valence-corrected chi connectivity index (χ4v) is 1.91. The lowest BCUT2D eigenvalue weighted by Crippen LogP contribution is -2.23. The van der Waals surface area contributed by atoms with Crippen molar-refractivity contribution in [2.24, 2.45) is 0 Å². The number of hydrogen-bond acceptors (Lipinski definition) is 5. The van der Waals surface area contributed by atoms with Crippen LogP contribution < -0.4 is 0 Å². The van der Waals surface area contributed by atoms with E-state index in [0.29, 0.717) is 6.67 Å². The predicted octanol–water partition coefficient (Wildman–Crippen LogP) is 0.918. The normalized spacial score (nSPS) is 20.8. The van der Waals surface area contributed by atoms with Crippen molar-refractivity contribution in [3.05, 3.63) is 24.3 Å². The second-order valence-electron chi connectivity index (χ2n) is 3.94. The molecule has 0 bridgehead atoms. The van der Waals surface area contributed by atoms with Crippen LogP contribution in [-0.4, -0.2) is 32.7 Å². The number of nitriles is 1. The number of aromatic nitrogens is 3. The largest absolute Gasteiger partial charge is 0.279 e. The van der Waals surface area contributed by atoms with Crippen LogP contribution in [0.4, 0.5) is 0 Å². The highest BCUT2D eigenvalue weighted by atomic mass is 16.7. The van der Waals surface area contributed by atoms with E-state index in [4.69, 9.17) is 10.1 Å². The summed E-state index contributed by atoms with van der Waals surface area (Å²) in [5, 5.41) is 18.6. The van der Waals surface area contributed by atoms with Gasteiger partial charge < -0.3 is 0 Å². The fourth-order valence-electron chi connectivity index (χ4n) is 1.91. The monoisotopic (exact) mass is 229 g/mol. The third kappa shape index (κ3) is 1.86. The smallest absolute Gasteiger partial charge is 0.167 e. The van der Waals surface area contributed by atoms with Gasteiger partial charge in [-0.1, -0.05) is 17.3 Å². The highest BCUT2D eigenvalue weighted by Crippen LogP contribution is 2.15. The molecule has 0 amide bonds. The van der Waals surface area contributed by atoms with Crippen molar-refractivity contribution in [1.29, 1.82) is 5.26 Å². The Balaban J connectivity index is 1.80. The van der Waals surface area contributed by atoms with Crippen LogP contribution in [0.3, 0.4) is 0 Å². The molecule has 1 aliphatic rings. The van der Waals surface area contributed by atoms with Gasteiger partial charge in [0.25, 0.3) is 0 Å². The first-order valence-electron chi connectivity index (χ1n) is 5.46. The van der Waals surface area contributed by atoms with Gasteiger partial charge in [-0.3, -0.25) is 4.84 Å². The Bertz CT molecular complexity index is 572. The van der Waals surface area contributed by atoms with Crippen LogP contribution in [0, 0.1) is 11.3 Å². The second-order valence-corrected chi connectivity index (χ2v) is 3.94. The number of benzene rings is 1. The standard InChI is InChI=1S/C11H11N5O/c12-7-9-5-6-15(17-9)8-16-11-4-2-1-3-10(11)13-14-16/h1-4,9H,5-6,8H2/t9-/m1/s1. The zero-order valence-electron chi connectivity index (χ0n) is 9.15. The molecule has 0 unspecified atom stereocenters. The van der Waals surface area contributed by atoms with Crippen LogP contribution in [0.1, 0.15) is 6.42 Å². The van der Waals surface area contributed by atoms with Crippen molar-refractivity contribution in [2.75, 3.05) is 6.54 Å². The van der Waals surface area contributed by atoms with E-state index in [0.717, 1.165) is 24.0 Å². The number of para-hydroxylation sites is 1. The lowest BCUT2D eigenvalue weighted by molar-refractivity contribution is -0.152. The Kier molecular flexibility index (Phi) is 2.48. The van der Waals surface area contributed by atoms with Crippen molar-refractivity contribution in [3.63, 3.8) is 0 Å². The third-order valence-electron chi connectivity index (χ3n) is 2.77. The minimum absolute atomic E-state index is 0.329. The molecule has 86 valence electrons. The van der Waals surface area contributed by atoms with E-state index in [1.807, 2.05) is 24.3 Å². The van der Waals surface area contributed by atoms with Crippen LogP contribution >= 0.6 is 0 Å². The lowest BCUT2D eigenvalue weighted by atomic mass is 10.3. The first-order valence-corrected chi connectivity index (χ1v) is 5.46. The van der Waals surface area contributed by atoms with E-state index >= 15 is 0 Å². The molecule has 2 heterocycles. The molecule has 1 fully saturated rings. The van der Waals surface area contributed by atoms with Crippen molar-refractivity contribution in [1.82, 2.24) is 20.1 Å². The van der Waals surface area contributed by atoms with Crippen LogP contribution in [0.2, 0.25) is 0 Å². The van der Waals surface area contributed by atoms with E-state index in [-0.39, 0.29) is 6.10 Å². The summed E-state index contributed by atoms with van der Waals surface area (Å²) in [6.45, 7) is 1.24. The maximum absolute atomic E-state index is 8.75. The second kappa shape index (κ2) is 4.13. The zero-order valence-corrected chi connectivity index (χ0v) is 9.15. The number of hydroxylamine groups is 2. The average molecular weight is 229 g/mol. The predicted molar refractivity (Wildman–Crippen MR) is 59.3 cm³/mol. The molecule has 1 aliphatic heterocycles. The van der Waals surface area contributed by atoms with Crippen molar-refractivity contribution in [3.8, 4) is 6.07 Å². The molecular formula is C11H11N5O. The van der Waals surface area contributed by atoms with Crippen LogP contribution in [0.15, 0.2) is 24.3 Å². The number of hydrogen-bond donors (Lipinski definition) is 0. The SMILES string of the molecule is N#C[C@H]1CCN(Cn2nnc3ccccc32)O1. The minimum atomic E-state index is -0.329. The Morgan fingerprint density at radius 3 is 3.18 bits per heavy atom. The quantitative estimate of drug-likeness (QED) is 0.766. The average Bonchev–Trinajstić information content (AvgIpc) is 2.97. The van der Waals surface area contributed by atoms with Gasteiger partial charge in [0.1, 0.15) is 12.2 Å². The maximum atomic E-state index is 8.75. The van der Waals surface area contributed by atoms with E-state index in [9.17, 15) is 0 Å². The van der Waals surface area contributed by atoms with Gasteiger partial charge in [-0.2, -0.15) is 10.3 Å². The van der Waals surface area contributed by atoms with Crippen LogP contribution in [-0.2, 0) is 11.5 Å². The summed E-state index contributed by atoms with van der Waals surface area (Å²) in [5.74, 6) is 0. The van der Waals surface area contributed by atoms with Crippen molar-refractivity contribution >= 4 is 11.0 Å². The van der Waals surface area contributed by atoms with E-state index < -0.39 is 0 Å². The Hall–Kier alpha value is -1.97. The van der Waals surface area contributed by atoms with E-state index in [2.05, 4.69) is 16.4 Å². The van der Waals surface area contributed by atoms with Crippen molar-refractivity contribution < 1.29 is 4.84 Å².